The van der Waals surface area contributed by atoms with Crippen molar-refractivity contribution in [3.05, 3.63) is 71.3 Å². The van der Waals surface area contributed by atoms with Crippen LogP contribution in [0.3, 0.4) is 0 Å². The zero-order valence-electron chi connectivity index (χ0n) is 20.1. The lowest BCUT2D eigenvalue weighted by Crippen LogP contribution is -2.41. The fraction of sp³-hybridized carbons (Fsp3) is 0.296. The number of benzene rings is 2. The van der Waals surface area contributed by atoms with Gasteiger partial charge in [-0.3, -0.25) is 4.79 Å². The van der Waals surface area contributed by atoms with Crippen molar-refractivity contribution in [2.24, 2.45) is 5.92 Å². The number of hydrogen-bond donors (Lipinski definition) is 2. The maximum atomic E-state index is 15.3. The average molecular weight is 532 g/mol. The van der Waals surface area contributed by atoms with Crippen LogP contribution in [0.1, 0.15) is 58.9 Å². The number of imidazole rings is 1. The lowest BCUT2D eigenvalue weighted by atomic mass is 9.71. The van der Waals surface area contributed by atoms with E-state index in [9.17, 15) is 18.7 Å². The summed E-state index contributed by atoms with van der Waals surface area (Å²) in [5.74, 6) is -0.689. The predicted molar refractivity (Wildman–Crippen MR) is 129 cm³/mol. The number of halogens is 3. The van der Waals surface area contributed by atoms with Gasteiger partial charge in [-0.15, -0.1) is 0 Å². The minimum atomic E-state index is -3.08. The van der Waals surface area contributed by atoms with Gasteiger partial charge in [0.15, 0.2) is 5.82 Å². The molecule has 2 aromatic carbocycles. The van der Waals surface area contributed by atoms with Gasteiger partial charge in [0.2, 0.25) is 0 Å². The Bertz CT molecular complexity index is 1710. The van der Waals surface area contributed by atoms with Gasteiger partial charge in [-0.1, -0.05) is 6.07 Å². The van der Waals surface area contributed by atoms with Crippen molar-refractivity contribution in [1.29, 1.82) is 5.26 Å². The second kappa shape index (κ2) is 8.25. The number of carbonyl (C=O) groups excluding carboxylic acids is 1. The first kappa shape index (κ1) is 23.6. The minimum Gasteiger partial charge on any atom is -0.434 e. The molecule has 0 unspecified atom stereocenters. The highest BCUT2D eigenvalue weighted by molar-refractivity contribution is 5.98. The van der Waals surface area contributed by atoms with Gasteiger partial charge in [0, 0.05) is 40.7 Å². The van der Waals surface area contributed by atoms with Gasteiger partial charge in [-0.25, -0.2) is 19.3 Å². The molecule has 2 N–H and O–H groups in total. The molecule has 0 spiro atoms. The molecule has 7 rings (SSSR count). The van der Waals surface area contributed by atoms with Crippen molar-refractivity contribution in [3.63, 3.8) is 0 Å². The smallest absolute Gasteiger partial charge is 0.387 e. The van der Waals surface area contributed by atoms with Crippen LogP contribution in [-0.4, -0.2) is 37.1 Å². The summed E-state index contributed by atoms with van der Waals surface area (Å²) in [5, 5.41) is 22.6. The summed E-state index contributed by atoms with van der Waals surface area (Å²) in [5.41, 5.74) is 0.705. The predicted octanol–water partition coefficient (Wildman–Crippen LogP) is 4.13. The number of carbonyl (C=O) groups is 1. The number of amides is 1. The number of aliphatic hydroxyl groups is 1. The van der Waals surface area contributed by atoms with Crippen LogP contribution in [0.25, 0.3) is 22.2 Å². The van der Waals surface area contributed by atoms with Crippen LogP contribution in [0.4, 0.5) is 13.2 Å². The number of nitrogens with zero attached hydrogens (tertiary/aromatic N) is 5. The number of rotatable bonds is 4. The molecule has 1 aliphatic carbocycles. The Balaban J connectivity index is 1.33. The van der Waals surface area contributed by atoms with E-state index in [-0.39, 0.29) is 41.5 Å². The maximum absolute atomic E-state index is 15.3. The molecule has 39 heavy (non-hydrogen) atoms. The molecular formula is C27H19F3N6O3. The van der Waals surface area contributed by atoms with Crippen LogP contribution in [0, 0.1) is 23.1 Å². The van der Waals surface area contributed by atoms with Crippen LogP contribution in [0.2, 0.25) is 0 Å². The molecule has 3 aliphatic rings. The first-order valence-electron chi connectivity index (χ1n) is 12.3. The molecular weight excluding hydrogens is 513 g/mol. The van der Waals surface area contributed by atoms with Crippen LogP contribution in [0.5, 0.6) is 5.75 Å². The Morgan fingerprint density at radius 2 is 1.97 bits per heavy atom. The summed E-state index contributed by atoms with van der Waals surface area (Å²) in [4.78, 5) is 26.0. The number of nitriles is 1. The number of hydrogen-bond acceptors (Lipinski definition) is 7. The lowest BCUT2D eigenvalue weighted by Gasteiger charge is -2.38. The first-order chi connectivity index (χ1) is 18.8. The van der Waals surface area contributed by atoms with E-state index in [0.29, 0.717) is 34.4 Å². The standard InChI is InChI=1S/C27H19F3N6O3/c28-16-5-17-19(4-15(16)13-10-32-25(33-11-13)27(38)7-12(8-27)9-31)36-20-6-18(23(36)34-17)35-24(37)14-2-1-3-21(22(14)20)39-26(29)30/h1-5,10-12,18,20,26,38H,6-8H2,(H,35,37)/t12-,18-,20-,27+/m1/s1. The van der Waals surface area contributed by atoms with Gasteiger partial charge in [0.25, 0.3) is 5.91 Å². The fourth-order valence-corrected chi connectivity index (χ4v) is 5.99. The van der Waals surface area contributed by atoms with Gasteiger partial charge in [0.1, 0.15) is 23.0 Å². The van der Waals surface area contributed by atoms with E-state index in [2.05, 4.69) is 26.3 Å². The van der Waals surface area contributed by atoms with E-state index >= 15 is 4.39 Å². The SMILES string of the molecule is N#C[C@H]1C[C@](O)(c2ncc(-c3cc4c(cc3F)nc3n4[C@@H]4C[C@H]3NC(=O)c3cccc(OC(F)F)c34)cn2)C1. The largest absolute Gasteiger partial charge is 0.434 e. The summed E-state index contributed by atoms with van der Waals surface area (Å²) in [6, 6.07) is 8.35. The van der Waals surface area contributed by atoms with Crippen molar-refractivity contribution in [1.82, 2.24) is 24.8 Å². The quantitative estimate of drug-likeness (QED) is 0.405. The molecule has 2 atom stereocenters. The zero-order valence-corrected chi connectivity index (χ0v) is 20.1. The van der Waals surface area contributed by atoms with Gasteiger partial charge in [-0.2, -0.15) is 14.0 Å². The molecule has 0 saturated heterocycles. The fourth-order valence-electron chi connectivity index (χ4n) is 5.99. The molecule has 2 aliphatic heterocycles. The highest BCUT2D eigenvalue weighted by atomic mass is 19.3. The molecule has 2 bridgehead atoms. The van der Waals surface area contributed by atoms with Crippen molar-refractivity contribution in [2.45, 2.75) is 43.6 Å². The van der Waals surface area contributed by atoms with E-state index in [1.54, 1.807) is 12.1 Å². The summed E-state index contributed by atoms with van der Waals surface area (Å²) < 4.78 is 48.4. The number of ether oxygens (including phenoxy) is 1. The van der Waals surface area contributed by atoms with Crippen molar-refractivity contribution in [2.75, 3.05) is 0 Å². The molecule has 9 nitrogen and oxygen atoms in total. The molecule has 0 radical (unpaired) electrons. The van der Waals surface area contributed by atoms with E-state index < -0.39 is 36.0 Å². The second-order valence-electron chi connectivity index (χ2n) is 10.1. The molecule has 12 heteroatoms. The van der Waals surface area contributed by atoms with Crippen LogP contribution in [0.15, 0.2) is 42.7 Å². The van der Waals surface area contributed by atoms with Gasteiger partial charge < -0.3 is 19.7 Å². The second-order valence-corrected chi connectivity index (χ2v) is 10.1. The number of fused-ring (bicyclic) bond motifs is 9. The molecule has 196 valence electrons. The van der Waals surface area contributed by atoms with Crippen molar-refractivity contribution >= 4 is 16.9 Å². The monoisotopic (exact) mass is 532 g/mol. The molecule has 1 saturated carbocycles. The number of nitrogens with one attached hydrogen (secondary N) is 1. The number of alkyl halides is 2. The summed E-state index contributed by atoms with van der Waals surface area (Å²) >= 11 is 0. The molecule has 4 aromatic rings. The molecule has 4 heterocycles. The van der Waals surface area contributed by atoms with Gasteiger partial charge >= 0.3 is 6.61 Å². The minimum absolute atomic E-state index is 0.100. The Hall–Kier alpha value is -4.50. The highest BCUT2D eigenvalue weighted by Crippen LogP contribution is 2.48. The summed E-state index contributed by atoms with van der Waals surface area (Å²) in [6.07, 6.45) is 3.68. The lowest BCUT2D eigenvalue weighted by molar-refractivity contribution is -0.0702. The van der Waals surface area contributed by atoms with Crippen LogP contribution < -0.4 is 10.1 Å². The third-order valence-corrected chi connectivity index (χ3v) is 7.78. The molecule has 1 amide bonds. The maximum Gasteiger partial charge on any atom is 0.387 e. The van der Waals surface area contributed by atoms with Gasteiger partial charge in [0.05, 0.1) is 35.1 Å². The van der Waals surface area contributed by atoms with E-state index in [1.807, 2.05) is 4.57 Å². The van der Waals surface area contributed by atoms with E-state index in [0.717, 1.165) is 0 Å². The Morgan fingerprint density at radius 3 is 2.69 bits per heavy atom. The van der Waals surface area contributed by atoms with E-state index in [1.165, 1.54) is 30.6 Å². The number of aromatic nitrogens is 4. The van der Waals surface area contributed by atoms with Crippen molar-refractivity contribution in [3.8, 4) is 22.9 Å². The third-order valence-electron chi connectivity index (χ3n) is 7.78. The van der Waals surface area contributed by atoms with Crippen LogP contribution >= 0.6 is 0 Å². The summed E-state index contributed by atoms with van der Waals surface area (Å²) in [7, 11) is 0. The average Bonchev–Trinajstić information content (AvgIpc) is 3.37. The Morgan fingerprint density at radius 1 is 1.21 bits per heavy atom. The highest BCUT2D eigenvalue weighted by Gasteiger charge is 2.47. The Labute approximate surface area is 218 Å². The Kier molecular flexibility index (Phi) is 4.99. The zero-order chi connectivity index (χ0) is 27.1. The topological polar surface area (TPSA) is 126 Å². The first-order valence-corrected chi connectivity index (χ1v) is 12.3. The normalized spacial score (nSPS) is 24.9. The van der Waals surface area contributed by atoms with E-state index in [4.69, 9.17) is 10.00 Å². The summed E-state index contributed by atoms with van der Waals surface area (Å²) in [6.45, 7) is -3.08. The van der Waals surface area contributed by atoms with Crippen molar-refractivity contribution < 1.29 is 27.8 Å². The molecule has 2 aromatic heterocycles. The van der Waals surface area contributed by atoms with Gasteiger partial charge in [-0.05, 0) is 37.5 Å². The third kappa shape index (κ3) is 3.50. The van der Waals surface area contributed by atoms with Crippen LogP contribution in [-0.2, 0) is 5.60 Å². The molecule has 1 fully saturated rings.